The van der Waals surface area contributed by atoms with Gasteiger partial charge in [0, 0.05) is 6.42 Å². The average Bonchev–Trinajstić information content (AvgIpc) is 2.47. The molecule has 0 aromatic heterocycles. The molecule has 0 saturated heterocycles. The highest BCUT2D eigenvalue weighted by molar-refractivity contribution is 5.66. The van der Waals surface area contributed by atoms with Crippen molar-refractivity contribution in [2.45, 2.75) is 96.2 Å². The predicted octanol–water partition coefficient (Wildman–Crippen LogP) is 4.05. The second kappa shape index (κ2) is 15.0. The van der Waals surface area contributed by atoms with Crippen LogP contribution >= 0.6 is 0 Å². The Balaban J connectivity index is 3.49. The van der Waals surface area contributed by atoms with Gasteiger partial charge in [-0.3, -0.25) is 4.79 Å². The molecular formula is C18H34O4. The molecule has 0 aliphatic heterocycles. The Bertz CT molecular complexity index is 289. The Kier molecular flexibility index (Phi) is 14.4. The van der Waals surface area contributed by atoms with Crippen LogP contribution in [0.2, 0.25) is 0 Å². The van der Waals surface area contributed by atoms with Gasteiger partial charge in [-0.05, 0) is 38.5 Å². The first-order valence-electron chi connectivity index (χ1n) is 8.80. The summed E-state index contributed by atoms with van der Waals surface area (Å²) in [4.78, 5) is 10.4. The standard InChI is InChI=1S/C18H34O4/c1-2-3-4-5-6-7-8-9-11-16(19)14-15-17(20)12-10-13-18(21)22/h9,11,16-17,19-20H,2-8,10,12-15H2,1H3,(H,21,22)/t16-,17-/m0/s1. The molecule has 0 heterocycles. The zero-order valence-corrected chi connectivity index (χ0v) is 14.0. The van der Waals surface area contributed by atoms with Crippen LogP contribution in [0.4, 0.5) is 0 Å². The fraction of sp³-hybridized carbons (Fsp3) is 0.833. The molecular weight excluding hydrogens is 280 g/mol. The summed E-state index contributed by atoms with van der Waals surface area (Å²) >= 11 is 0. The molecule has 0 spiro atoms. The molecule has 3 N–H and O–H groups in total. The van der Waals surface area contributed by atoms with E-state index in [0.717, 1.165) is 6.42 Å². The van der Waals surface area contributed by atoms with Crippen LogP contribution in [-0.2, 0) is 4.79 Å². The van der Waals surface area contributed by atoms with Crippen LogP contribution in [-0.4, -0.2) is 33.5 Å². The quantitative estimate of drug-likeness (QED) is 0.315. The third-order valence-electron chi connectivity index (χ3n) is 3.81. The molecule has 4 heteroatoms. The van der Waals surface area contributed by atoms with Crippen molar-refractivity contribution in [3.63, 3.8) is 0 Å². The zero-order valence-electron chi connectivity index (χ0n) is 14.0. The molecule has 0 rings (SSSR count). The van der Waals surface area contributed by atoms with Crippen LogP contribution in [0.5, 0.6) is 0 Å². The number of hydrogen-bond acceptors (Lipinski definition) is 3. The van der Waals surface area contributed by atoms with Crippen molar-refractivity contribution in [2.24, 2.45) is 0 Å². The van der Waals surface area contributed by atoms with Crippen LogP contribution < -0.4 is 0 Å². The van der Waals surface area contributed by atoms with E-state index in [-0.39, 0.29) is 6.42 Å². The van der Waals surface area contributed by atoms with Crippen LogP contribution in [0, 0.1) is 0 Å². The van der Waals surface area contributed by atoms with Crippen LogP contribution in [0.15, 0.2) is 12.2 Å². The first-order chi connectivity index (χ1) is 10.6. The Morgan fingerprint density at radius 3 is 2.32 bits per heavy atom. The lowest BCUT2D eigenvalue weighted by Gasteiger charge is -2.11. The second-order valence-electron chi connectivity index (χ2n) is 6.07. The van der Waals surface area contributed by atoms with Gasteiger partial charge in [0.25, 0.3) is 0 Å². The first-order valence-corrected chi connectivity index (χ1v) is 8.80. The van der Waals surface area contributed by atoms with E-state index in [2.05, 4.69) is 6.92 Å². The van der Waals surface area contributed by atoms with E-state index >= 15 is 0 Å². The van der Waals surface area contributed by atoms with Crippen molar-refractivity contribution >= 4 is 5.97 Å². The van der Waals surface area contributed by atoms with Crippen LogP contribution in [0.25, 0.3) is 0 Å². The van der Waals surface area contributed by atoms with E-state index < -0.39 is 18.2 Å². The highest BCUT2D eigenvalue weighted by Gasteiger charge is 2.08. The highest BCUT2D eigenvalue weighted by atomic mass is 16.4. The van der Waals surface area contributed by atoms with E-state index in [0.29, 0.717) is 25.7 Å². The normalized spacial score (nSPS) is 14.3. The van der Waals surface area contributed by atoms with Gasteiger partial charge in [-0.25, -0.2) is 0 Å². The Hall–Kier alpha value is -0.870. The summed E-state index contributed by atoms with van der Waals surface area (Å²) in [5, 5.41) is 28.0. The third-order valence-corrected chi connectivity index (χ3v) is 3.81. The number of allylic oxidation sites excluding steroid dienone is 1. The molecule has 22 heavy (non-hydrogen) atoms. The molecule has 0 unspecified atom stereocenters. The van der Waals surface area contributed by atoms with E-state index in [1.807, 2.05) is 12.2 Å². The van der Waals surface area contributed by atoms with Gasteiger partial charge in [-0.1, -0.05) is 51.2 Å². The number of carboxylic acids is 1. The van der Waals surface area contributed by atoms with E-state index in [1.54, 1.807) is 0 Å². The molecule has 0 fully saturated rings. The molecule has 0 radical (unpaired) electrons. The fourth-order valence-corrected chi connectivity index (χ4v) is 2.39. The van der Waals surface area contributed by atoms with Gasteiger partial charge >= 0.3 is 5.97 Å². The van der Waals surface area contributed by atoms with Gasteiger partial charge in [-0.2, -0.15) is 0 Å². The smallest absolute Gasteiger partial charge is 0.303 e. The lowest BCUT2D eigenvalue weighted by Crippen LogP contribution is -2.12. The first kappa shape index (κ1) is 21.1. The number of hydrogen-bond donors (Lipinski definition) is 3. The minimum Gasteiger partial charge on any atom is -0.481 e. The van der Waals surface area contributed by atoms with E-state index in [1.165, 1.54) is 38.5 Å². The highest BCUT2D eigenvalue weighted by Crippen LogP contribution is 2.11. The summed E-state index contributed by atoms with van der Waals surface area (Å²) < 4.78 is 0. The number of carboxylic acid groups (broad SMARTS) is 1. The van der Waals surface area contributed by atoms with Crippen molar-refractivity contribution in [1.82, 2.24) is 0 Å². The molecule has 0 saturated carbocycles. The summed E-state index contributed by atoms with van der Waals surface area (Å²) in [5.41, 5.74) is 0. The van der Waals surface area contributed by atoms with E-state index in [4.69, 9.17) is 5.11 Å². The Morgan fingerprint density at radius 1 is 0.955 bits per heavy atom. The van der Waals surface area contributed by atoms with Gasteiger partial charge in [0.15, 0.2) is 0 Å². The number of rotatable bonds is 15. The Morgan fingerprint density at radius 2 is 1.64 bits per heavy atom. The minimum absolute atomic E-state index is 0.0950. The van der Waals surface area contributed by atoms with Crippen molar-refractivity contribution in [3.8, 4) is 0 Å². The summed E-state index contributed by atoms with van der Waals surface area (Å²) in [6.07, 6.45) is 13.6. The van der Waals surface area contributed by atoms with Crippen molar-refractivity contribution in [2.75, 3.05) is 0 Å². The number of carbonyl (C=O) groups is 1. The maximum absolute atomic E-state index is 10.4. The van der Waals surface area contributed by atoms with Crippen molar-refractivity contribution in [1.29, 1.82) is 0 Å². The predicted molar refractivity (Wildman–Crippen MR) is 89.9 cm³/mol. The number of aliphatic hydroxyl groups is 2. The average molecular weight is 314 g/mol. The van der Waals surface area contributed by atoms with Gasteiger partial charge in [0.2, 0.25) is 0 Å². The number of aliphatic carboxylic acids is 1. The minimum atomic E-state index is -0.829. The fourth-order valence-electron chi connectivity index (χ4n) is 2.39. The lowest BCUT2D eigenvalue weighted by atomic mass is 10.0. The molecule has 0 aliphatic rings. The van der Waals surface area contributed by atoms with Crippen LogP contribution in [0.1, 0.15) is 84.0 Å². The molecule has 0 amide bonds. The topological polar surface area (TPSA) is 77.8 Å². The van der Waals surface area contributed by atoms with Gasteiger partial charge < -0.3 is 15.3 Å². The van der Waals surface area contributed by atoms with Gasteiger partial charge in [0.05, 0.1) is 12.2 Å². The second-order valence-corrected chi connectivity index (χ2v) is 6.07. The van der Waals surface area contributed by atoms with Gasteiger partial charge in [0.1, 0.15) is 0 Å². The SMILES string of the molecule is CCCCCCCCC=C[C@H](O)CC[C@@H](O)CCCC(=O)O. The largest absolute Gasteiger partial charge is 0.481 e. The molecule has 4 nitrogen and oxygen atoms in total. The van der Waals surface area contributed by atoms with Crippen molar-refractivity contribution < 1.29 is 20.1 Å². The molecule has 0 aliphatic carbocycles. The third kappa shape index (κ3) is 15.5. The molecule has 130 valence electrons. The zero-order chi connectivity index (χ0) is 16.6. The van der Waals surface area contributed by atoms with Crippen LogP contribution in [0.3, 0.4) is 0 Å². The Labute approximate surface area is 135 Å². The monoisotopic (exact) mass is 314 g/mol. The molecule has 2 atom stereocenters. The van der Waals surface area contributed by atoms with Gasteiger partial charge in [-0.15, -0.1) is 0 Å². The maximum atomic E-state index is 10.4. The number of aliphatic hydroxyl groups excluding tert-OH is 2. The lowest BCUT2D eigenvalue weighted by molar-refractivity contribution is -0.137. The van der Waals surface area contributed by atoms with Crippen molar-refractivity contribution in [3.05, 3.63) is 12.2 Å². The maximum Gasteiger partial charge on any atom is 0.303 e. The summed E-state index contributed by atoms with van der Waals surface area (Å²) in [7, 11) is 0. The summed E-state index contributed by atoms with van der Waals surface area (Å²) in [6, 6.07) is 0. The summed E-state index contributed by atoms with van der Waals surface area (Å²) in [5.74, 6) is -0.829. The molecule has 0 aromatic rings. The summed E-state index contributed by atoms with van der Waals surface area (Å²) in [6.45, 7) is 2.22. The number of unbranched alkanes of at least 4 members (excludes halogenated alkanes) is 6. The molecule has 0 bridgehead atoms. The molecule has 0 aromatic carbocycles. The van der Waals surface area contributed by atoms with E-state index in [9.17, 15) is 15.0 Å².